The third-order valence-electron chi connectivity index (χ3n) is 3.16. The van der Waals surface area contributed by atoms with Crippen LogP contribution in [0.15, 0.2) is 24.7 Å². The normalized spacial score (nSPS) is 12.4. The molecule has 2 rings (SSSR count). The number of hydrogen-bond acceptors (Lipinski definition) is 4. The highest BCUT2D eigenvalue weighted by Crippen LogP contribution is 2.32. The summed E-state index contributed by atoms with van der Waals surface area (Å²) in [4.78, 5) is 4.10. The van der Waals surface area contributed by atoms with Gasteiger partial charge >= 0.3 is 0 Å². The largest absolute Gasteiger partial charge is 0.495 e. The fourth-order valence-corrected chi connectivity index (χ4v) is 2.52. The molecular formula is C14H19ClN4O. The number of nitrogens with one attached hydrogen (secondary N) is 1. The Morgan fingerprint density at radius 3 is 2.85 bits per heavy atom. The van der Waals surface area contributed by atoms with E-state index in [4.69, 9.17) is 16.3 Å². The molecule has 1 N–H and O–H groups in total. The third-order valence-corrected chi connectivity index (χ3v) is 3.45. The van der Waals surface area contributed by atoms with E-state index in [-0.39, 0.29) is 6.04 Å². The van der Waals surface area contributed by atoms with Gasteiger partial charge in [-0.15, -0.1) is 0 Å². The summed E-state index contributed by atoms with van der Waals surface area (Å²) in [5.41, 5.74) is 1.95. The molecule has 1 atom stereocenters. The Labute approximate surface area is 123 Å². The minimum absolute atomic E-state index is 0.0760. The highest BCUT2D eigenvalue weighted by atomic mass is 35.5. The molecule has 6 heteroatoms. The third kappa shape index (κ3) is 2.78. The summed E-state index contributed by atoms with van der Waals surface area (Å²) in [5.74, 6) is 0.735. The van der Waals surface area contributed by atoms with Crippen LogP contribution in [0.3, 0.4) is 0 Å². The fourth-order valence-electron chi connectivity index (χ4n) is 2.27. The van der Waals surface area contributed by atoms with Gasteiger partial charge in [0, 0.05) is 18.3 Å². The molecule has 0 bridgehead atoms. The predicted octanol–water partition coefficient (Wildman–Crippen LogP) is 2.66. The zero-order valence-electron chi connectivity index (χ0n) is 11.9. The second-order valence-electron chi connectivity index (χ2n) is 4.30. The van der Waals surface area contributed by atoms with Crippen molar-refractivity contribution >= 4 is 11.6 Å². The number of rotatable bonds is 6. The summed E-state index contributed by atoms with van der Waals surface area (Å²) < 4.78 is 7.31. The zero-order valence-corrected chi connectivity index (χ0v) is 12.7. The van der Waals surface area contributed by atoms with Gasteiger partial charge in [0.05, 0.1) is 36.3 Å². The monoisotopic (exact) mass is 294 g/mol. The van der Waals surface area contributed by atoms with Crippen molar-refractivity contribution in [1.82, 2.24) is 20.1 Å². The molecule has 0 aliphatic carbocycles. The first-order valence-corrected chi connectivity index (χ1v) is 7.03. The molecule has 0 spiro atoms. The first-order valence-electron chi connectivity index (χ1n) is 6.65. The van der Waals surface area contributed by atoms with Crippen LogP contribution in [-0.4, -0.2) is 28.4 Å². The van der Waals surface area contributed by atoms with Crippen molar-refractivity contribution in [3.05, 3.63) is 40.9 Å². The number of methoxy groups -OCH3 is 1. The summed E-state index contributed by atoms with van der Waals surface area (Å²) in [5, 5.41) is 8.39. The van der Waals surface area contributed by atoms with E-state index in [1.807, 2.05) is 17.7 Å². The molecule has 20 heavy (non-hydrogen) atoms. The lowest BCUT2D eigenvalue weighted by Gasteiger charge is -2.21. The standard InChI is InChI=1S/C14H19ClN4O/c1-4-17-13(10-6-7-16-9-12(10)20-3)14-11(15)8-18-19(14)5-2/h6-9,13,17H,4-5H2,1-3H3. The average molecular weight is 295 g/mol. The number of halogens is 1. The van der Waals surface area contributed by atoms with Crippen LogP contribution in [0.25, 0.3) is 0 Å². The molecule has 0 radical (unpaired) electrons. The molecule has 1 unspecified atom stereocenters. The SMILES string of the molecule is CCNC(c1ccncc1OC)c1c(Cl)cnn1CC. The van der Waals surface area contributed by atoms with E-state index < -0.39 is 0 Å². The van der Waals surface area contributed by atoms with Crippen LogP contribution in [0, 0.1) is 0 Å². The first-order chi connectivity index (χ1) is 9.72. The van der Waals surface area contributed by atoms with Gasteiger partial charge in [-0.2, -0.15) is 5.10 Å². The summed E-state index contributed by atoms with van der Waals surface area (Å²) >= 11 is 6.32. The molecule has 0 saturated heterocycles. The second-order valence-corrected chi connectivity index (χ2v) is 4.71. The van der Waals surface area contributed by atoms with Gasteiger partial charge in [-0.05, 0) is 19.5 Å². The average Bonchev–Trinajstić information content (AvgIpc) is 2.85. The molecule has 0 fully saturated rings. The van der Waals surface area contributed by atoms with Gasteiger partial charge in [-0.25, -0.2) is 0 Å². The van der Waals surface area contributed by atoms with Gasteiger partial charge in [0.25, 0.3) is 0 Å². The summed E-state index contributed by atoms with van der Waals surface area (Å²) in [7, 11) is 1.64. The molecule has 0 saturated carbocycles. The van der Waals surface area contributed by atoms with Crippen molar-refractivity contribution in [2.45, 2.75) is 26.4 Å². The van der Waals surface area contributed by atoms with Gasteiger partial charge in [-0.1, -0.05) is 18.5 Å². The lowest BCUT2D eigenvalue weighted by Crippen LogP contribution is -2.25. The summed E-state index contributed by atoms with van der Waals surface area (Å²) in [6.45, 7) is 5.67. The molecule has 0 aliphatic heterocycles. The number of ether oxygens (including phenoxy) is 1. The maximum absolute atomic E-state index is 6.32. The number of aromatic nitrogens is 3. The number of aryl methyl sites for hydroxylation is 1. The Hall–Kier alpha value is -1.59. The molecule has 2 heterocycles. The zero-order chi connectivity index (χ0) is 14.5. The van der Waals surface area contributed by atoms with Crippen LogP contribution in [0.5, 0.6) is 5.75 Å². The summed E-state index contributed by atoms with van der Waals surface area (Å²) in [6.07, 6.45) is 5.14. The van der Waals surface area contributed by atoms with E-state index in [0.717, 1.165) is 30.1 Å². The van der Waals surface area contributed by atoms with Crippen molar-refractivity contribution in [1.29, 1.82) is 0 Å². The minimum atomic E-state index is -0.0760. The topological polar surface area (TPSA) is 52.0 Å². The fraction of sp³-hybridized carbons (Fsp3) is 0.429. The lowest BCUT2D eigenvalue weighted by molar-refractivity contribution is 0.400. The quantitative estimate of drug-likeness (QED) is 0.890. The van der Waals surface area contributed by atoms with Crippen molar-refractivity contribution < 1.29 is 4.74 Å². The molecule has 0 amide bonds. The van der Waals surface area contributed by atoms with E-state index in [9.17, 15) is 0 Å². The van der Waals surface area contributed by atoms with E-state index in [0.29, 0.717) is 5.02 Å². The Bertz CT molecular complexity index is 570. The van der Waals surface area contributed by atoms with Crippen LogP contribution in [-0.2, 0) is 6.54 Å². The Morgan fingerprint density at radius 1 is 1.40 bits per heavy atom. The van der Waals surface area contributed by atoms with Gasteiger partial charge in [0.15, 0.2) is 0 Å². The highest BCUT2D eigenvalue weighted by molar-refractivity contribution is 6.31. The minimum Gasteiger partial charge on any atom is -0.495 e. The van der Waals surface area contributed by atoms with Gasteiger partial charge in [0.1, 0.15) is 5.75 Å². The van der Waals surface area contributed by atoms with E-state index in [1.165, 1.54) is 0 Å². The van der Waals surface area contributed by atoms with Crippen LogP contribution < -0.4 is 10.1 Å². The molecule has 108 valence electrons. The number of nitrogens with zero attached hydrogens (tertiary/aromatic N) is 3. The molecule has 0 aromatic carbocycles. The van der Waals surface area contributed by atoms with Crippen LogP contribution >= 0.6 is 11.6 Å². The van der Waals surface area contributed by atoms with Crippen LogP contribution in [0.4, 0.5) is 0 Å². The van der Waals surface area contributed by atoms with Crippen molar-refractivity contribution in [2.75, 3.05) is 13.7 Å². The van der Waals surface area contributed by atoms with Gasteiger partial charge in [-0.3, -0.25) is 9.67 Å². The van der Waals surface area contributed by atoms with E-state index in [1.54, 1.807) is 25.7 Å². The molecule has 0 aliphatic rings. The molecule has 5 nitrogen and oxygen atoms in total. The number of hydrogen-bond donors (Lipinski definition) is 1. The predicted molar refractivity (Wildman–Crippen MR) is 79.2 cm³/mol. The van der Waals surface area contributed by atoms with Crippen molar-refractivity contribution in [3.8, 4) is 5.75 Å². The Kier molecular flexibility index (Phi) is 4.98. The first kappa shape index (κ1) is 14.8. The highest BCUT2D eigenvalue weighted by Gasteiger charge is 2.23. The van der Waals surface area contributed by atoms with Crippen LogP contribution in [0.2, 0.25) is 5.02 Å². The molecular weight excluding hydrogens is 276 g/mol. The molecule has 2 aromatic heterocycles. The maximum Gasteiger partial charge on any atom is 0.142 e. The smallest absolute Gasteiger partial charge is 0.142 e. The van der Waals surface area contributed by atoms with E-state index >= 15 is 0 Å². The van der Waals surface area contributed by atoms with E-state index in [2.05, 4.69) is 22.3 Å². The van der Waals surface area contributed by atoms with Crippen LogP contribution in [0.1, 0.15) is 31.1 Å². The Morgan fingerprint density at radius 2 is 2.20 bits per heavy atom. The van der Waals surface area contributed by atoms with Crippen molar-refractivity contribution in [3.63, 3.8) is 0 Å². The van der Waals surface area contributed by atoms with Crippen molar-refractivity contribution in [2.24, 2.45) is 0 Å². The molecule has 2 aromatic rings. The van der Waals surface area contributed by atoms with Gasteiger partial charge in [0.2, 0.25) is 0 Å². The Balaban J connectivity index is 2.53. The lowest BCUT2D eigenvalue weighted by atomic mass is 10.0. The second kappa shape index (κ2) is 6.72. The number of pyridine rings is 1. The maximum atomic E-state index is 6.32. The summed E-state index contributed by atoms with van der Waals surface area (Å²) in [6, 6.07) is 1.86. The van der Waals surface area contributed by atoms with Gasteiger partial charge < -0.3 is 10.1 Å².